The minimum absolute atomic E-state index is 0.212. The van der Waals surface area contributed by atoms with E-state index in [1.165, 1.54) is 6.42 Å². The number of hydrogen-bond donors (Lipinski definition) is 1. The molecule has 0 radical (unpaired) electrons. The van der Waals surface area contributed by atoms with Crippen molar-refractivity contribution in [3.63, 3.8) is 0 Å². The molecule has 0 saturated carbocycles. The van der Waals surface area contributed by atoms with E-state index < -0.39 is 0 Å². The fourth-order valence-corrected chi connectivity index (χ4v) is 0.949. The van der Waals surface area contributed by atoms with Gasteiger partial charge in [0.25, 0.3) is 0 Å². The number of carbonyl (C=O) groups is 1. The van der Waals surface area contributed by atoms with Gasteiger partial charge in [-0.15, -0.1) is 0 Å². The lowest BCUT2D eigenvalue weighted by atomic mass is 10.0. The highest BCUT2D eigenvalue weighted by Gasteiger charge is 2.13. The Balaban J connectivity index is 0.000000292. The number of hydrogen-bond acceptors (Lipinski definition) is 1. The first kappa shape index (κ1) is 10.5. The summed E-state index contributed by atoms with van der Waals surface area (Å²) in [5.41, 5.74) is 0. The Labute approximate surface area is 69.4 Å². The Hall–Kier alpha value is -0.530. The van der Waals surface area contributed by atoms with Crippen LogP contribution in [0.15, 0.2) is 0 Å². The van der Waals surface area contributed by atoms with Crippen LogP contribution < -0.4 is 5.32 Å². The fraction of sp³-hybridized carbons (Fsp3) is 0.889. The van der Waals surface area contributed by atoms with Crippen molar-refractivity contribution in [3.8, 4) is 0 Å². The van der Waals surface area contributed by atoms with Gasteiger partial charge in [0.05, 0.1) is 0 Å². The predicted molar refractivity (Wildman–Crippen MR) is 47.4 cm³/mol. The molecule has 0 spiro atoms. The zero-order valence-electron chi connectivity index (χ0n) is 7.81. The van der Waals surface area contributed by atoms with Crippen LogP contribution in [0, 0.1) is 5.92 Å². The highest BCUT2D eigenvalue weighted by Crippen LogP contribution is 2.09. The maximum atomic E-state index is 10.6. The van der Waals surface area contributed by atoms with Crippen LogP contribution in [0.3, 0.4) is 0 Å². The summed E-state index contributed by atoms with van der Waals surface area (Å²) in [6.45, 7) is 7.23. The van der Waals surface area contributed by atoms with Crippen molar-refractivity contribution in [1.29, 1.82) is 0 Å². The molecule has 2 nitrogen and oxygen atoms in total. The molecule has 1 fully saturated rings. The van der Waals surface area contributed by atoms with Gasteiger partial charge in [-0.3, -0.25) is 4.79 Å². The van der Waals surface area contributed by atoms with E-state index in [0.717, 1.165) is 19.4 Å². The van der Waals surface area contributed by atoms with Gasteiger partial charge in [0.15, 0.2) is 0 Å². The first-order valence-corrected chi connectivity index (χ1v) is 4.47. The van der Waals surface area contributed by atoms with Crippen LogP contribution in [0.5, 0.6) is 0 Å². The predicted octanol–water partition coefficient (Wildman–Crippen LogP) is 1.95. The zero-order chi connectivity index (χ0) is 8.69. The smallest absolute Gasteiger partial charge is 0.220 e. The summed E-state index contributed by atoms with van der Waals surface area (Å²) >= 11 is 0. The van der Waals surface area contributed by atoms with Crippen LogP contribution in [0.2, 0.25) is 0 Å². The second-order valence-electron chi connectivity index (χ2n) is 3.16. The van der Waals surface area contributed by atoms with E-state index in [0.29, 0.717) is 5.92 Å². The van der Waals surface area contributed by atoms with Crippen LogP contribution >= 0.6 is 0 Å². The van der Waals surface area contributed by atoms with Crippen LogP contribution in [0.25, 0.3) is 0 Å². The van der Waals surface area contributed by atoms with E-state index in [2.05, 4.69) is 26.1 Å². The number of nitrogens with one attached hydrogen (secondary N) is 1. The van der Waals surface area contributed by atoms with E-state index in [1.807, 2.05) is 0 Å². The van der Waals surface area contributed by atoms with E-state index >= 15 is 0 Å². The first-order valence-electron chi connectivity index (χ1n) is 4.47. The monoisotopic (exact) mass is 157 g/mol. The molecule has 66 valence electrons. The Morgan fingerprint density at radius 2 is 2.09 bits per heavy atom. The standard InChI is InChI=1S/C6H11NO.C3H8/c1-5-2-3-7-6(8)4-5;1-3-2/h5H,2-4H2,1H3,(H,7,8);3H2,1-2H3. The van der Waals surface area contributed by atoms with Crippen LogP contribution in [-0.4, -0.2) is 12.5 Å². The van der Waals surface area contributed by atoms with Gasteiger partial charge in [-0.1, -0.05) is 27.2 Å². The Bertz CT molecular complexity index is 112. The van der Waals surface area contributed by atoms with Crippen LogP contribution in [-0.2, 0) is 4.79 Å². The summed E-state index contributed by atoms with van der Waals surface area (Å²) in [6.07, 6.45) is 3.12. The molecule has 1 rings (SSSR count). The molecular formula is C9H19NO. The summed E-state index contributed by atoms with van der Waals surface area (Å²) in [6, 6.07) is 0. The molecule has 0 aromatic rings. The van der Waals surface area contributed by atoms with Gasteiger partial charge < -0.3 is 5.32 Å². The maximum Gasteiger partial charge on any atom is 0.220 e. The molecule has 0 bridgehead atoms. The summed E-state index contributed by atoms with van der Waals surface area (Å²) < 4.78 is 0. The summed E-state index contributed by atoms with van der Waals surface area (Å²) in [7, 11) is 0. The van der Waals surface area contributed by atoms with Crippen molar-refractivity contribution in [1.82, 2.24) is 5.32 Å². The Morgan fingerprint density at radius 1 is 1.55 bits per heavy atom. The van der Waals surface area contributed by atoms with Gasteiger partial charge in [0.1, 0.15) is 0 Å². The van der Waals surface area contributed by atoms with Crippen molar-refractivity contribution < 1.29 is 4.79 Å². The molecule has 1 heterocycles. The molecule has 1 saturated heterocycles. The quantitative estimate of drug-likeness (QED) is 0.572. The minimum Gasteiger partial charge on any atom is -0.356 e. The molecule has 1 N–H and O–H groups in total. The molecule has 1 aliphatic heterocycles. The lowest BCUT2D eigenvalue weighted by Gasteiger charge is -2.16. The summed E-state index contributed by atoms with van der Waals surface area (Å²) in [5, 5.41) is 2.77. The average molecular weight is 157 g/mol. The second kappa shape index (κ2) is 6.20. The van der Waals surface area contributed by atoms with E-state index in [9.17, 15) is 4.79 Å². The van der Waals surface area contributed by atoms with E-state index in [4.69, 9.17) is 0 Å². The van der Waals surface area contributed by atoms with E-state index in [-0.39, 0.29) is 5.91 Å². The third kappa shape index (κ3) is 5.89. The van der Waals surface area contributed by atoms with Crippen molar-refractivity contribution in [2.24, 2.45) is 5.92 Å². The van der Waals surface area contributed by atoms with Crippen molar-refractivity contribution in [3.05, 3.63) is 0 Å². The van der Waals surface area contributed by atoms with Crippen molar-refractivity contribution in [2.75, 3.05) is 6.54 Å². The zero-order valence-corrected chi connectivity index (χ0v) is 7.81. The highest BCUT2D eigenvalue weighted by molar-refractivity contribution is 5.76. The number of carbonyl (C=O) groups excluding carboxylic acids is 1. The fourth-order valence-electron chi connectivity index (χ4n) is 0.949. The molecule has 0 aromatic carbocycles. The Kier molecular flexibility index (Phi) is 5.90. The normalized spacial score (nSPS) is 23.2. The summed E-state index contributed by atoms with van der Waals surface area (Å²) in [5.74, 6) is 0.812. The second-order valence-corrected chi connectivity index (χ2v) is 3.16. The molecule has 1 unspecified atom stereocenters. The first-order chi connectivity index (χ1) is 5.20. The van der Waals surface area contributed by atoms with Gasteiger partial charge in [-0.05, 0) is 12.3 Å². The van der Waals surface area contributed by atoms with E-state index in [1.54, 1.807) is 0 Å². The lowest BCUT2D eigenvalue weighted by molar-refractivity contribution is -0.123. The van der Waals surface area contributed by atoms with Gasteiger partial charge in [-0.25, -0.2) is 0 Å². The lowest BCUT2D eigenvalue weighted by Crippen LogP contribution is -2.32. The maximum absolute atomic E-state index is 10.6. The molecule has 1 atom stereocenters. The molecule has 11 heavy (non-hydrogen) atoms. The van der Waals surface area contributed by atoms with Crippen molar-refractivity contribution >= 4 is 5.91 Å². The molecule has 0 aromatic heterocycles. The topological polar surface area (TPSA) is 29.1 Å². The van der Waals surface area contributed by atoms with Gasteiger partial charge in [-0.2, -0.15) is 0 Å². The molecule has 1 amide bonds. The number of amides is 1. The van der Waals surface area contributed by atoms with Gasteiger partial charge in [0, 0.05) is 13.0 Å². The summed E-state index contributed by atoms with van der Waals surface area (Å²) in [4.78, 5) is 10.6. The number of rotatable bonds is 0. The van der Waals surface area contributed by atoms with Gasteiger partial charge >= 0.3 is 0 Å². The van der Waals surface area contributed by atoms with Gasteiger partial charge in [0.2, 0.25) is 5.91 Å². The van der Waals surface area contributed by atoms with Crippen LogP contribution in [0.4, 0.5) is 0 Å². The molecular weight excluding hydrogens is 138 g/mol. The average Bonchev–Trinajstić information content (AvgIpc) is 1.88. The molecule has 0 aliphatic carbocycles. The Morgan fingerprint density at radius 3 is 2.36 bits per heavy atom. The van der Waals surface area contributed by atoms with Crippen LogP contribution in [0.1, 0.15) is 40.0 Å². The molecule has 1 aliphatic rings. The molecule has 2 heteroatoms. The third-order valence-corrected chi connectivity index (χ3v) is 1.49. The minimum atomic E-state index is 0.212. The number of piperidine rings is 1. The SMILES string of the molecule is CC1CCNC(=O)C1.CCC. The van der Waals surface area contributed by atoms with Crippen molar-refractivity contribution in [2.45, 2.75) is 40.0 Å². The largest absolute Gasteiger partial charge is 0.356 e. The highest BCUT2D eigenvalue weighted by atomic mass is 16.1. The third-order valence-electron chi connectivity index (χ3n) is 1.49.